The summed E-state index contributed by atoms with van der Waals surface area (Å²) in [5.41, 5.74) is 0. The van der Waals surface area contributed by atoms with Gasteiger partial charge in [0.25, 0.3) is 0 Å². The number of hydrogen-bond acceptors (Lipinski definition) is 3. The molecular weight excluding hydrogens is 136 g/mol. The molecule has 1 unspecified atom stereocenters. The lowest BCUT2D eigenvalue weighted by Gasteiger charge is -2.04. The Balaban J connectivity index is 2.35. The van der Waals surface area contributed by atoms with Crippen LogP contribution in [0.25, 0.3) is 0 Å². The highest BCUT2D eigenvalue weighted by molar-refractivity contribution is 5.72. The summed E-state index contributed by atoms with van der Waals surface area (Å²) in [4.78, 5) is 10.3. The quantitative estimate of drug-likeness (QED) is 0.605. The van der Waals surface area contributed by atoms with Gasteiger partial charge in [0.15, 0.2) is 12.4 Å². The fourth-order valence-electron chi connectivity index (χ4n) is 0.800. The van der Waals surface area contributed by atoms with E-state index >= 15 is 0 Å². The summed E-state index contributed by atoms with van der Waals surface area (Å²) in [5, 5.41) is 8.42. The highest BCUT2D eigenvalue weighted by Gasteiger charge is 2.29. The summed E-state index contributed by atoms with van der Waals surface area (Å²) >= 11 is 0. The van der Waals surface area contributed by atoms with Crippen molar-refractivity contribution in [1.29, 1.82) is 0 Å². The first-order chi connectivity index (χ1) is 4.74. The van der Waals surface area contributed by atoms with Gasteiger partial charge in [0.1, 0.15) is 0 Å². The molecule has 1 N–H and O–H groups in total. The normalized spacial score (nSPS) is 32.5. The molecule has 0 aromatic rings. The lowest BCUT2D eigenvalue weighted by atomic mass is 10.4. The first-order valence-corrected chi connectivity index (χ1v) is 3.24. The SMILES string of the molecule is CCC1OC[C@@H](C(=O)O)O1. The van der Waals surface area contributed by atoms with Gasteiger partial charge in [-0.1, -0.05) is 6.92 Å². The predicted molar refractivity (Wildman–Crippen MR) is 32.5 cm³/mol. The zero-order valence-corrected chi connectivity index (χ0v) is 5.74. The second-order valence-corrected chi connectivity index (χ2v) is 2.13. The molecule has 0 aliphatic carbocycles. The van der Waals surface area contributed by atoms with Gasteiger partial charge in [-0.25, -0.2) is 4.79 Å². The van der Waals surface area contributed by atoms with Crippen molar-refractivity contribution in [3.05, 3.63) is 0 Å². The molecule has 0 amide bonds. The van der Waals surface area contributed by atoms with E-state index in [2.05, 4.69) is 0 Å². The lowest BCUT2D eigenvalue weighted by Crippen LogP contribution is -2.22. The molecule has 58 valence electrons. The first-order valence-electron chi connectivity index (χ1n) is 3.24. The van der Waals surface area contributed by atoms with Gasteiger partial charge in [-0.15, -0.1) is 0 Å². The van der Waals surface area contributed by atoms with E-state index in [4.69, 9.17) is 14.6 Å². The Morgan fingerprint density at radius 3 is 2.80 bits per heavy atom. The predicted octanol–water partition coefficient (Wildman–Crippen LogP) is 0.222. The molecule has 0 spiro atoms. The molecule has 1 aliphatic heterocycles. The van der Waals surface area contributed by atoms with Crippen LogP contribution in [0.1, 0.15) is 13.3 Å². The van der Waals surface area contributed by atoms with Crippen molar-refractivity contribution >= 4 is 5.97 Å². The highest BCUT2D eigenvalue weighted by atomic mass is 16.7. The minimum absolute atomic E-state index is 0.174. The first kappa shape index (κ1) is 7.50. The molecular formula is C6H10O4. The zero-order valence-electron chi connectivity index (χ0n) is 5.74. The van der Waals surface area contributed by atoms with Crippen LogP contribution < -0.4 is 0 Å². The van der Waals surface area contributed by atoms with Crippen LogP contribution in [-0.2, 0) is 14.3 Å². The number of carbonyl (C=O) groups is 1. The third kappa shape index (κ3) is 1.46. The Morgan fingerprint density at radius 1 is 1.80 bits per heavy atom. The molecule has 0 aromatic heterocycles. The van der Waals surface area contributed by atoms with Crippen molar-refractivity contribution in [3.63, 3.8) is 0 Å². The second-order valence-electron chi connectivity index (χ2n) is 2.13. The van der Waals surface area contributed by atoms with Gasteiger partial charge in [-0.05, 0) is 6.42 Å². The number of hydrogen-bond donors (Lipinski definition) is 1. The summed E-state index contributed by atoms with van der Waals surface area (Å²) < 4.78 is 9.92. The average molecular weight is 146 g/mol. The van der Waals surface area contributed by atoms with E-state index < -0.39 is 12.1 Å². The van der Waals surface area contributed by atoms with Crippen molar-refractivity contribution < 1.29 is 19.4 Å². The Kier molecular flexibility index (Phi) is 2.24. The van der Waals surface area contributed by atoms with Crippen molar-refractivity contribution in [3.8, 4) is 0 Å². The van der Waals surface area contributed by atoms with Crippen molar-refractivity contribution in [2.24, 2.45) is 0 Å². The molecule has 4 heteroatoms. The number of rotatable bonds is 2. The molecule has 1 aliphatic rings. The highest BCUT2D eigenvalue weighted by Crippen LogP contribution is 2.13. The van der Waals surface area contributed by atoms with E-state index in [-0.39, 0.29) is 12.9 Å². The molecule has 1 saturated heterocycles. The summed E-state index contributed by atoms with van der Waals surface area (Å²) in [7, 11) is 0. The number of ether oxygens (including phenoxy) is 2. The minimum Gasteiger partial charge on any atom is -0.479 e. The van der Waals surface area contributed by atoms with E-state index in [0.29, 0.717) is 6.42 Å². The Bertz CT molecular complexity index is 134. The third-order valence-electron chi connectivity index (χ3n) is 1.36. The number of carboxylic acids is 1. The molecule has 0 bridgehead atoms. The van der Waals surface area contributed by atoms with Crippen LogP contribution in [0, 0.1) is 0 Å². The van der Waals surface area contributed by atoms with Gasteiger partial charge in [0, 0.05) is 0 Å². The lowest BCUT2D eigenvalue weighted by molar-refractivity contribution is -0.150. The van der Waals surface area contributed by atoms with Crippen molar-refractivity contribution in [1.82, 2.24) is 0 Å². The molecule has 1 fully saturated rings. The van der Waals surface area contributed by atoms with E-state index in [0.717, 1.165) is 0 Å². The summed E-state index contributed by atoms with van der Waals surface area (Å²) in [5.74, 6) is -0.948. The Morgan fingerprint density at radius 2 is 2.50 bits per heavy atom. The molecule has 1 rings (SSSR count). The monoisotopic (exact) mass is 146 g/mol. The van der Waals surface area contributed by atoms with Crippen molar-refractivity contribution in [2.45, 2.75) is 25.7 Å². The van der Waals surface area contributed by atoms with Gasteiger partial charge in [-0.2, -0.15) is 0 Å². The molecule has 4 nitrogen and oxygen atoms in total. The van der Waals surface area contributed by atoms with E-state index in [9.17, 15) is 4.79 Å². The van der Waals surface area contributed by atoms with Gasteiger partial charge in [0.2, 0.25) is 0 Å². The molecule has 0 radical (unpaired) electrons. The molecule has 0 aromatic carbocycles. The van der Waals surface area contributed by atoms with Gasteiger partial charge in [-0.3, -0.25) is 0 Å². The Hall–Kier alpha value is -0.610. The molecule has 1 heterocycles. The molecule has 2 atom stereocenters. The maximum absolute atomic E-state index is 10.3. The van der Waals surface area contributed by atoms with Crippen LogP contribution in [0.15, 0.2) is 0 Å². The van der Waals surface area contributed by atoms with Crippen molar-refractivity contribution in [2.75, 3.05) is 6.61 Å². The van der Waals surface area contributed by atoms with Gasteiger partial charge < -0.3 is 14.6 Å². The average Bonchev–Trinajstić information content (AvgIpc) is 2.34. The van der Waals surface area contributed by atoms with Crippen LogP contribution in [0.4, 0.5) is 0 Å². The van der Waals surface area contributed by atoms with Crippen LogP contribution in [0.3, 0.4) is 0 Å². The van der Waals surface area contributed by atoms with Gasteiger partial charge in [0.05, 0.1) is 6.61 Å². The third-order valence-corrected chi connectivity index (χ3v) is 1.36. The summed E-state index contributed by atoms with van der Waals surface area (Å²) in [6.07, 6.45) is -0.380. The maximum atomic E-state index is 10.3. The standard InChI is InChI=1S/C6H10O4/c1-2-5-9-3-4(10-5)6(7)8/h4-5H,2-3H2,1H3,(H,7,8)/t4-,5?/m0/s1. The molecule has 10 heavy (non-hydrogen) atoms. The maximum Gasteiger partial charge on any atom is 0.335 e. The van der Waals surface area contributed by atoms with Crippen LogP contribution in [0.2, 0.25) is 0 Å². The fourth-order valence-corrected chi connectivity index (χ4v) is 0.800. The summed E-state index contributed by atoms with van der Waals surface area (Å²) in [6, 6.07) is 0. The Labute approximate surface area is 58.7 Å². The fraction of sp³-hybridized carbons (Fsp3) is 0.833. The van der Waals surface area contributed by atoms with E-state index in [1.165, 1.54) is 0 Å². The number of aliphatic carboxylic acids is 1. The van der Waals surface area contributed by atoms with Crippen LogP contribution in [0.5, 0.6) is 0 Å². The van der Waals surface area contributed by atoms with E-state index in [1.54, 1.807) is 0 Å². The van der Waals surface area contributed by atoms with Gasteiger partial charge >= 0.3 is 5.97 Å². The van der Waals surface area contributed by atoms with Crippen LogP contribution in [-0.4, -0.2) is 30.1 Å². The second kappa shape index (κ2) is 2.98. The topological polar surface area (TPSA) is 55.8 Å². The largest absolute Gasteiger partial charge is 0.479 e. The van der Waals surface area contributed by atoms with Crippen LogP contribution >= 0.6 is 0 Å². The number of carboxylic acid groups (broad SMARTS) is 1. The minimum atomic E-state index is -0.948. The smallest absolute Gasteiger partial charge is 0.335 e. The molecule has 0 saturated carbocycles. The van der Waals surface area contributed by atoms with E-state index in [1.807, 2.05) is 6.92 Å². The zero-order chi connectivity index (χ0) is 7.56. The summed E-state index contributed by atoms with van der Waals surface area (Å²) in [6.45, 7) is 2.06.